The number of carbonyl (C=O) groups is 1. The van der Waals surface area contributed by atoms with Crippen molar-refractivity contribution in [2.45, 2.75) is 0 Å². The lowest BCUT2D eigenvalue weighted by atomic mass is 10.1. The summed E-state index contributed by atoms with van der Waals surface area (Å²) >= 11 is 0. The third-order valence-electron chi connectivity index (χ3n) is 1.29. The van der Waals surface area contributed by atoms with Gasteiger partial charge in [-0.2, -0.15) is 0 Å². The summed E-state index contributed by atoms with van der Waals surface area (Å²) < 4.78 is 0. The average molecular weight is 137 g/mol. The van der Waals surface area contributed by atoms with Crippen molar-refractivity contribution >= 4 is 17.7 Å². The van der Waals surface area contributed by atoms with E-state index in [1.54, 1.807) is 0 Å². The van der Waals surface area contributed by atoms with Crippen LogP contribution < -0.4 is 0 Å². The van der Waals surface area contributed by atoms with Crippen LogP contribution >= 0.6 is 0 Å². The second-order valence-corrected chi connectivity index (χ2v) is 1.79. The first-order chi connectivity index (χ1) is 4.72. The van der Waals surface area contributed by atoms with E-state index in [0.717, 1.165) is 4.90 Å². The van der Waals surface area contributed by atoms with Crippen LogP contribution in [0.25, 0.3) is 0 Å². The fraction of sp³-hybridized carbons (Fsp3) is 0.167. The fourth-order valence-corrected chi connectivity index (χ4v) is 0.705. The normalized spacial score (nSPS) is 16.1. The molecule has 0 aliphatic carbocycles. The van der Waals surface area contributed by atoms with Crippen LogP contribution in [0, 0.1) is 0 Å². The van der Waals surface area contributed by atoms with E-state index in [2.05, 4.69) is 0 Å². The van der Waals surface area contributed by atoms with Crippen molar-refractivity contribution in [3.63, 3.8) is 0 Å². The minimum atomic E-state index is -0.576. The molecule has 0 saturated carbocycles. The Bertz CT molecular complexity index is 264. The Morgan fingerprint density at radius 1 is 1.20 bits per heavy atom. The minimum Gasteiger partial charge on any atom is -0.320 e. The quantitative estimate of drug-likeness (QED) is 0.315. The van der Waals surface area contributed by atoms with E-state index in [-0.39, 0.29) is 11.4 Å². The maximum absolute atomic E-state index is 10.6. The molecule has 0 N–H and O–H groups in total. The van der Waals surface area contributed by atoms with Gasteiger partial charge in [-0.15, -0.1) is 0 Å². The molecule has 0 bridgehead atoms. The Morgan fingerprint density at radius 2 is 1.60 bits per heavy atom. The number of hydrogen-bond donors (Lipinski definition) is 0. The van der Waals surface area contributed by atoms with Crippen LogP contribution in [0.15, 0.2) is 11.4 Å². The average Bonchev–Trinajstić information content (AvgIpc) is 1.90. The largest absolute Gasteiger partial charge is 0.320 e. The lowest BCUT2D eigenvalue weighted by Gasteiger charge is -2.26. The zero-order valence-corrected chi connectivity index (χ0v) is 5.17. The number of hydrogen-bond acceptors (Lipinski definition) is 4. The summed E-state index contributed by atoms with van der Waals surface area (Å²) in [6.07, 6.45) is 0. The summed E-state index contributed by atoms with van der Waals surface area (Å²) in [5.41, 5.74) is -0.225. The van der Waals surface area contributed by atoms with Gasteiger partial charge in [-0.3, -0.25) is 4.79 Å². The Balaban J connectivity index is 3.10. The first kappa shape index (κ1) is 6.49. The van der Waals surface area contributed by atoms with Crippen LogP contribution in [-0.4, -0.2) is 29.6 Å². The number of likely N-dealkylation sites (N-methyl/N-ethyl adjacent to an activating group) is 1. The highest BCUT2D eigenvalue weighted by molar-refractivity contribution is 6.22. The van der Waals surface area contributed by atoms with Crippen LogP contribution in [0.3, 0.4) is 0 Å². The lowest BCUT2D eigenvalue weighted by molar-refractivity contribution is -0.118. The zero-order chi connectivity index (χ0) is 7.72. The zero-order valence-electron chi connectivity index (χ0n) is 5.17. The maximum Gasteiger partial charge on any atom is 0.248 e. The molecule has 0 radical (unpaired) electrons. The Morgan fingerprint density at radius 3 is 1.80 bits per heavy atom. The number of Topliss-reactive ketones (excluding diaryl/α,β-unsaturated/α-hetero) is 1. The van der Waals surface area contributed by atoms with Gasteiger partial charge in [0.1, 0.15) is 0 Å². The predicted molar refractivity (Wildman–Crippen MR) is 31.2 cm³/mol. The molecule has 0 aromatic carbocycles. The van der Waals surface area contributed by atoms with Crippen molar-refractivity contribution in [3.8, 4) is 0 Å². The highest BCUT2D eigenvalue weighted by Crippen LogP contribution is 2.21. The molecule has 50 valence electrons. The van der Waals surface area contributed by atoms with Crippen LogP contribution in [0.4, 0.5) is 0 Å². The van der Waals surface area contributed by atoms with E-state index < -0.39 is 5.78 Å². The summed E-state index contributed by atoms with van der Waals surface area (Å²) in [7, 11) is 1.43. The summed E-state index contributed by atoms with van der Waals surface area (Å²) in [5.74, 6) is 2.24. The third-order valence-corrected chi connectivity index (χ3v) is 1.29. The van der Waals surface area contributed by atoms with Crippen molar-refractivity contribution in [2.75, 3.05) is 7.05 Å². The third kappa shape index (κ3) is 0.544. The summed E-state index contributed by atoms with van der Waals surface area (Å²) in [5, 5.41) is 0. The molecule has 0 amide bonds. The topological polar surface area (TPSA) is 54.5 Å². The molecule has 1 rings (SSSR count). The van der Waals surface area contributed by atoms with E-state index >= 15 is 0 Å². The van der Waals surface area contributed by atoms with E-state index in [1.807, 2.05) is 0 Å². The number of likely N-dealkylation sites (tertiary alicyclic amines) is 1. The maximum atomic E-state index is 10.6. The smallest absolute Gasteiger partial charge is 0.248 e. The van der Waals surface area contributed by atoms with Crippen LogP contribution in [-0.2, 0) is 14.4 Å². The molecule has 1 fully saturated rings. The van der Waals surface area contributed by atoms with Crippen molar-refractivity contribution in [2.24, 2.45) is 0 Å². The summed E-state index contributed by atoms with van der Waals surface area (Å²) in [6, 6.07) is 0. The number of rotatable bonds is 0. The molecule has 1 heterocycles. The fourth-order valence-electron chi connectivity index (χ4n) is 0.705. The van der Waals surface area contributed by atoms with Gasteiger partial charge in [-0.25, -0.2) is 9.59 Å². The number of carbonyl (C=O) groups excluding carboxylic acids is 3. The van der Waals surface area contributed by atoms with Gasteiger partial charge in [0.25, 0.3) is 0 Å². The Kier molecular flexibility index (Phi) is 1.27. The predicted octanol–water partition coefficient (Wildman–Crippen LogP) is -1.07. The van der Waals surface area contributed by atoms with E-state index in [4.69, 9.17) is 0 Å². The van der Waals surface area contributed by atoms with Gasteiger partial charge in [0, 0.05) is 7.05 Å². The summed E-state index contributed by atoms with van der Waals surface area (Å²) in [6.45, 7) is 0. The van der Waals surface area contributed by atoms with Crippen LogP contribution in [0.5, 0.6) is 0 Å². The molecule has 0 spiro atoms. The molecule has 1 aliphatic heterocycles. The lowest BCUT2D eigenvalue weighted by Crippen LogP contribution is -2.40. The van der Waals surface area contributed by atoms with Crippen LogP contribution in [0.2, 0.25) is 0 Å². The van der Waals surface area contributed by atoms with E-state index in [9.17, 15) is 14.4 Å². The second kappa shape index (κ2) is 1.95. The minimum absolute atomic E-state index is 0.113. The molecule has 0 aromatic heterocycles. The SMILES string of the molecule is CN1C(=C=O)C(=O)C1=C=O. The van der Waals surface area contributed by atoms with Gasteiger partial charge >= 0.3 is 0 Å². The standard InChI is InChI=1S/C6H3NO3/c1-7-4(2-8)6(10)5(7)3-9/h1H3. The van der Waals surface area contributed by atoms with Crippen molar-refractivity contribution in [3.05, 3.63) is 11.4 Å². The van der Waals surface area contributed by atoms with Gasteiger partial charge in [-0.1, -0.05) is 0 Å². The highest BCUT2D eigenvalue weighted by Gasteiger charge is 2.36. The monoisotopic (exact) mass is 137 g/mol. The Hall–Kier alpha value is -1.63. The molecule has 0 atom stereocenters. The molecule has 4 nitrogen and oxygen atoms in total. The number of nitrogens with zero attached hydrogens (tertiary/aromatic N) is 1. The Labute approximate surface area is 56.4 Å². The molecule has 1 saturated heterocycles. The van der Waals surface area contributed by atoms with E-state index in [1.165, 1.54) is 18.9 Å². The summed E-state index contributed by atoms with van der Waals surface area (Å²) in [4.78, 5) is 31.6. The number of ketones is 1. The molecular weight excluding hydrogens is 134 g/mol. The molecule has 0 unspecified atom stereocenters. The molecule has 4 heteroatoms. The van der Waals surface area contributed by atoms with Gasteiger partial charge in [0.15, 0.2) is 23.3 Å². The van der Waals surface area contributed by atoms with Gasteiger partial charge in [0.05, 0.1) is 0 Å². The van der Waals surface area contributed by atoms with Crippen LogP contribution in [0.1, 0.15) is 0 Å². The molecule has 10 heavy (non-hydrogen) atoms. The van der Waals surface area contributed by atoms with E-state index in [0.29, 0.717) is 0 Å². The highest BCUT2D eigenvalue weighted by atomic mass is 16.2. The van der Waals surface area contributed by atoms with Crippen molar-refractivity contribution in [1.82, 2.24) is 4.90 Å². The molecular formula is C6H3NO3. The van der Waals surface area contributed by atoms with Crippen molar-refractivity contribution in [1.29, 1.82) is 0 Å². The first-order valence-corrected chi connectivity index (χ1v) is 2.51. The van der Waals surface area contributed by atoms with Gasteiger partial charge in [0.2, 0.25) is 5.78 Å². The first-order valence-electron chi connectivity index (χ1n) is 2.51. The molecule has 1 aliphatic rings. The second-order valence-electron chi connectivity index (χ2n) is 1.79. The van der Waals surface area contributed by atoms with Gasteiger partial charge in [-0.05, 0) is 0 Å². The van der Waals surface area contributed by atoms with Crippen molar-refractivity contribution < 1.29 is 14.4 Å². The molecule has 0 aromatic rings. The van der Waals surface area contributed by atoms with Gasteiger partial charge < -0.3 is 4.90 Å².